The number of amides is 1. The molecule has 2 aliphatic rings. The lowest BCUT2D eigenvalue weighted by Crippen LogP contribution is -2.43. The molecule has 1 amide bonds. The van der Waals surface area contributed by atoms with Gasteiger partial charge in [0.15, 0.2) is 0 Å². The van der Waals surface area contributed by atoms with Crippen LogP contribution in [0.3, 0.4) is 0 Å². The Bertz CT molecular complexity index is 498. The smallest absolute Gasteiger partial charge is 0.254 e. The highest BCUT2D eigenvalue weighted by molar-refractivity contribution is 5.95. The number of carbonyl (C=O) groups is 1. The maximum atomic E-state index is 13.0. The summed E-state index contributed by atoms with van der Waals surface area (Å²) in [7, 11) is 0. The van der Waals surface area contributed by atoms with Crippen LogP contribution in [0.15, 0.2) is 24.3 Å². The Hall–Kier alpha value is -1.31. The first kappa shape index (κ1) is 14.6. The second kappa shape index (κ2) is 6.21. The summed E-state index contributed by atoms with van der Waals surface area (Å²) in [6.45, 7) is 4.35. The first-order valence-electron chi connectivity index (χ1n) is 8.58. The molecule has 114 valence electrons. The Morgan fingerprint density at radius 1 is 1.10 bits per heavy atom. The molecule has 3 rings (SSSR count). The molecule has 2 aliphatic carbocycles. The Balaban J connectivity index is 1.74. The molecule has 0 heterocycles. The minimum atomic E-state index is 0.265. The van der Waals surface area contributed by atoms with E-state index in [4.69, 9.17) is 0 Å². The molecule has 21 heavy (non-hydrogen) atoms. The first-order valence-corrected chi connectivity index (χ1v) is 8.58. The van der Waals surface area contributed by atoms with Crippen LogP contribution in [0.2, 0.25) is 0 Å². The minimum absolute atomic E-state index is 0.265. The standard InChI is InChI=1S/C19H27NO/c1-3-15-7-9-17(10-8-15)20(18-11-12-18)19(21)16-6-4-5-14(2)13-16/h4-6,13,15,17-18H,3,7-12H2,1-2H3. The largest absolute Gasteiger partial charge is 0.333 e. The lowest BCUT2D eigenvalue weighted by molar-refractivity contribution is 0.0587. The molecule has 0 radical (unpaired) electrons. The molecule has 1 aromatic rings. The van der Waals surface area contributed by atoms with Crippen LogP contribution in [-0.4, -0.2) is 22.9 Å². The highest BCUT2D eigenvalue weighted by atomic mass is 16.2. The zero-order valence-electron chi connectivity index (χ0n) is 13.3. The summed E-state index contributed by atoms with van der Waals surface area (Å²) >= 11 is 0. The van der Waals surface area contributed by atoms with Crippen LogP contribution in [0.1, 0.15) is 67.8 Å². The van der Waals surface area contributed by atoms with E-state index in [-0.39, 0.29) is 5.91 Å². The molecule has 2 saturated carbocycles. The highest BCUT2D eigenvalue weighted by Gasteiger charge is 2.38. The Morgan fingerprint density at radius 2 is 1.71 bits per heavy atom. The van der Waals surface area contributed by atoms with Gasteiger partial charge >= 0.3 is 0 Å². The quantitative estimate of drug-likeness (QED) is 0.793. The van der Waals surface area contributed by atoms with E-state index < -0.39 is 0 Å². The van der Waals surface area contributed by atoms with Crippen molar-refractivity contribution in [3.8, 4) is 0 Å². The van der Waals surface area contributed by atoms with Crippen molar-refractivity contribution in [2.45, 2.75) is 70.9 Å². The molecule has 2 fully saturated rings. The van der Waals surface area contributed by atoms with Gasteiger partial charge in [-0.25, -0.2) is 0 Å². The molecule has 0 unspecified atom stereocenters. The SMILES string of the molecule is CCC1CCC(N(C(=O)c2cccc(C)c2)C2CC2)CC1. The van der Waals surface area contributed by atoms with E-state index in [1.54, 1.807) is 0 Å². The predicted octanol–water partition coefficient (Wildman–Crippen LogP) is 4.57. The van der Waals surface area contributed by atoms with Gasteiger partial charge in [0.2, 0.25) is 0 Å². The summed E-state index contributed by atoms with van der Waals surface area (Å²) in [5.74, 6) is 1.15. The van der Waals surface area contributed by atoms with E-state index in [9.17, 15) is 4.79 Å². The molecule has 0 bridgehead atoms. The zero-order valence-corrected chi connectivity index (χ0v) is 13.3. The van der Waals surface area contributed by atoms with Crippen molar-refractivity contribution in [1.82, 2.24) is 4.90 Å². The molecule has 0 saturated heterocycles. The summed E-state index contributed by atoms with van der Waals surface area (Å²) < 4.78 is 0. The molecule has 2 nitrogen and oxygen atoms in total. The van der Waals surface area contributed by atoms with Crippen molar-refractivity contribution in [3.05, 3.63) is 35.4 Å². The van der Waals surface area contributed by atoms with E-state index in [1.165, 1.54) is 50.5 Å². The van der Waals surface area contributed by atoms with Gasteiger partial charge < -0.3 is 4.90 Å². The summed E-state index contributed by atoms with van der Waals surface area (Å²) in [4.78, 5) is 15.2. The number of carbonyl (C=O) groups excluding carboxylic acids is 1. The van der Waals surface area contributed by atoms with Gasteiger partial charge in [0.1, 0.15) is 0 Å². The van der Waals surface area contributed by atoms with E-state index in [2.05, 4.69) is 24.8 Å². The van der Waals surface area contributed by atoms with Gasteiger partial charge in [-0.3, -0.25) is 4.79 Å². The number of hydrogen-bond donors (Lipinski definition) is 0. The Labute approximate surface area is 128 Å². The molecule has 0 aliphatic heterocycles. The third kappa shape index (κ3) is 3.30. The van der Waals surface area contributed by atoms with Crippen LogP contribution in [0.4, 0.5) is 0 Å². The monoisotopic (exact) mass is 285 g/mol. The van der Waals surface area contributed by atoms with Crippen molar-refractivity contribution >= 4 is 5.91 Å². The lowest BCUT2D eigenvalue weighted by Gasteiger charge is -2.37. The summed E-state index contributed by atoms with van der Waals surface area (Å²) in [6, 6.07) is 9.07. The van der Waals surface area contributed by atoms with E-state index >= 15 is 0 Å². The van der Waals surface area contributed by atoms with Crippen molar-refractivity contribution in [1.29, 1.82) is 0 Å². The van der Waals surface area contributed by atoms with Crippen LogP contribution in [-0.2, 0) is 0 Å². The van der Waals surface area contributed by atoms with Crippen LogP contribution in [0, 0.1) is 12.8 Å². The fraction of sp³-hybridized carbons (Fsp3) is 0.632. The third-order valence-electron chi connectivity index (χ3n) is 5.23. The van der Waals surface area contributed by atoms with Crippen molar-refractivity contribution in [3.63, 3.8) is 0 Å². The number of rotatable bonds is 4. The van der Waals surface area contributed by atoms with Gasteiger partial charge in [-0.1, -0.05) is 31.0 Å². The fourth-order valence-corrected chi connectivity index (χ4v) is 3.74. The van der Waals surface area contributed by atoms with Crippen molar-refractivity contribution < 1.29 is 4.79 Å². The van der Waals surface area contributed by atoms with Gasteiger partial charge in [0.25, 0.3) is 5.91 Å². The van der Waals surface area contributed by atoms with Crippen LogP contribution in [0.5, 0.6) is 0 Å². The molecule has 0 atom stereocenters. The molecule has 0 spiro atoms. The van der Waals surface area contributed by atoms with E-state index in [1.807, 2.05) is 18.2 Å². The normalized spacial score (nSPS) is 25.6. The van der Waals surface area contributed by atoms with Crippen LogP contribution in [0.25, 0.3) is 0 Å². The molecular formula is C19H27NO. The number of hydrogen-bond acceptors (Lipinski definition) is 1. The fourth-order valence-electron chi connectivity index (χ4n) is 3.74. The van der Waals surface area contributed by atoms with Gasteiger partial charge in [0, 0.05) is 17.6 Å². The third-order valence-corrected chi connectivity index (χ3v) is 5.23. The summed E-state index contributed by atoms with van der Waals surface area (Å²) in [6.07, 6.45) is 8.69. The summed E-state index contributed by atoms with van der Waals surface area (Å²) in [5, 5.41) is 0. The highest BCUT2D eigenvalue weighted by Crippen LogP contribution is 2.37. The lowest BCUT2D eigenvalue weighted by atomic mass is 9.83. The van der Waals surface area contributed by atoms with Gasteiger partial charge in [-0.2, -0.15) is 0 Å². The second-order valence-electron chi connectivity index (χ2n) is 6.90. The van der Waals surface area contributed by atoms with Gasteiger partial charge in [0.05, 0.1) is 0 Å². The molecule has 1 aromatic carbocycles. The molecule has 0 N–H and O–H groups in total. The van der Waals surface area contributed by atoms with E-state index in [0.29, 0.717) is 12.1 Å². The van der Waals surface area contributed by atoms with E-state index in [0.717, 1.165) is 11.5 Å². The Kier molecular flexibility index (Phi) is 4.32. The zero-order chi connectivity index (χ0) is 14.8. The number of nitrogens with zero attached hydrogens (tertiary/aromatic N) is 1. The minimum Gasteiger partial charge on any atom is -0.333 e. The first-order chi connectivity index (χ1) is 10.2. The molecule has 2 heteroatoms. The maximum absolute atomic E-state index is 13.0. The van der Waals surface area contributed by atoms with Crippen molar-refractivity contribution in [2.75, 3.05) is 0 Å². The van der Waals surface area contributed by atoms with Gasteiger partial charge in [-0.15, -0.1) is 0 Å². The second-order valence-corrected chi connectivity index (χ2v) is 6.90. The summed E-state index contributed by atoms with van der Waals surface area (Å²) in [5.41, 5.74) is 2.05. The molecule has 0 aromatic heterocycles. The number of benzene rings is 1. The predicted molar refractivity (Wildman–Crippen MR) is 86.4 cm³/mol. The van der Waals surface area contributed by atoms with Crippen LogP contribution < -0.4 is 0 Å². The average Bonchev–Trinajstić information content (AvgIpc) is 3.33. The van der Waals surface area contributed by atoms with Crippen molar-refractivity contribution in [2.24, 2.45) is 5.92 Å². The van der Waals surface area contributed by atoms with Gasteiger partial charge in [-0.05, 0) is 63.5 Å². The average molecular weight is 285 g/mol. The van der Waals surface area contributed by atoms with Crippen LogP contribution >= 0.6 is 0 Å². The number of aryl methyl sites for hydroxylation is 1. The maximum Gasteiger partial charge on any atom is 0.254 e. The Morgan fingerprint density at radius 3 is 2.24 bits per heavy atom. The molecular weight excluding hydrogens is 258 g/mol. The topological polar surface area (TPSA) is 20.3 Å².